The summed E-state index contributed by atoms with van der Waals surface area (Å²) in [6, 6.07) is 11.3. The van der Waals surface area contributed by atoms with Crippen LogP contribution >= 0.6 is 39.3 Å². The van der Waals surface area contributed by atoms with Gasteiger partial charge in [-0.15, -0.1) is 5.10 Å². The fourth-order valence-electron chi connectivity index (χ4n) is 2.37. The summed E-state index contributed by atoms with van der Waals surface area (Å²) in [7, 11) is 0. The number of halogens is 2. The van der Waals surface area contributed by atoms with Crippen LogP contribution in [0, 0.1) is 13.8 Å². The van der Waals surface area contributed by atoms with E-state index in [1.165, 1.54) is 17.3 Å². The number of nitrogens with one attached hydrogen (secondary N) is 1. The van der Waals surface area contributed by atoms with E-state index in [4.69, 9.17) is 11.6 Å². The van der Waals surface area contributed by atoms with Gasteiger partial charge in [-0.3, -0.25) is 4.79 Å². The quantitative estimate of drug-likeness (QED) is 0.580. The van der Waals surface area contributed by atoms with E-state index in [1.54, 1.807) is 16.8 Å². The van der Waals surface area contributed by atoms with Gasteiger partial charge in [0.1, 0.15) is 0 Å². The third kappa shape index (κ3) is 4.44. The minimum absolute atomic E-state index is 0.164. The average molecular weight is 453 g/mol. The number of amides is 1. The Balaban J connectivity index is 1.69. The standard InChI is InChI=1S/C17H15BrClN5OS/c1-10-3-6-15(11(2)7-10)24-17(21-22-23-24)26-9-16(25)20-14-5-4-12(18)8-13(14)19/h3-8H,9H2,1-2H3,(H,20,25). The second-order valence-electron chi connectivity index (χ2n) is 5.62. The van der Waals surface area contributed by atoms with E-state index in [1.807, 2.05) is 32.0 Å². The van der Waals surface area contributed by atoms with E-state index in [0.29, 0.717) is 15.9 Å². The van der Waals surface area contributed by atoms with E-state index in [9.17, 15) is 4.79 Å². The Morgan fingerprint density at radius 1 is 1.27 bits per heavy atom. The van der Waals surface area contributed by atoms with Crippen LogP contribution in [-0.2, 0) is 4.79 Å². The SMILES string of the molecule is Cc1ccc(-n2nnnc2SCC(=O)Nc2ccc(Br)cc2Cl)c(C)c1. The van der Waals surface area contributed by atoms with Crippen molar-refractivity contribution < 1.29 is 4.79 Å². The van der Waals surface area contributed by atoms with Crippen molar-refractivity contribution >= 4 is 50.9 Å². The van der Waals surface area contributed by atoms with Gasteiger partial charge >= 0.3 is 0 Å². The fourth-order valence-corrected chi connectivity index (χ4v) is 3.77. The summed E-state index contributed by atoms with van der Waals surface area (Å²) in [5.74, 6) is -0.0214. The minimum Gasteiger partial charge on any atom is -0.324 e. The molecular weight excluding hydrogens is 438 g/mol. The molecule has 0 bridgehead atoms. The maximum absolute atomic E-state index is 12.2. The molecule has 0 aliphatic rings. The zero-order valence-corrected chi connectivity index (χ0v) is 17.2. The number of rotatable bonds is 5. The summed E-state index contributed by atoms with van der Waals surface area (Å²) in [6.07, 6.45) is 0. The van der Waals surface area contributed by atoms with Gasteiger partial charge in [-0.05, 0) is 54.1 Å². The molecule has 3 aromatic rings. The third-order valence-electron chi connectivity index (χ3n) is 3.56. The van der Waals surface area contributed by atoms with Crippen molar-refractivity contribution in [1.29, 1.82) is 0 Å². The van der Waals surface area contributed by atoms with Crippen LogP contribution in [0.25, 0.3) is 5.69 Å². The Bertz CT molecular complexity index is 962. The van der Waals surface area contributed by atoms with Crippen molar-refractivity contribution in [3.63, 3.8) is 0 Å². The van der Waals surface area contributed by atoms with Crippen LogP contribution in [0.5, 0.6) is 0 Å². The van der Waals surface area contributed by atoms with Gasteiger partial charge in [0, 0.05) is 4.47 Å². The molecule has 1 aromatic heterocycles. The first-order chi connectivity index (χ1) is 12.4. The first kappa shape index (κ1) is 18.9. The summed E-state index contributed by atoms with van der Waals surface area (Å²) in [5, 5.41) is 15.6. The molecule has 0 spiro atoms. The second-order valence-corrected chi connectivity index (χ2v) is 7.89. The van der Waals surface area contributed by atoms with Crippen molar-refractivity contribution in [3.05, 3.63) is 57.0 Å². The molecule has 0 aliphatic carbocycles. The van der Waals surface area contributed by atoms with Crippen molar-refractivity contribution in [3.8, 4) is 5.69 Å². The molecule has 0 atom stereocenters. The van der Waals surface area contributed by atoms with E-state index in [0.717, 1.165) is 15.7 Å². The summed E-state index contributed by atoms with van der Waals surface area (Å²) in [6.45, 7) is 4.03. The van der Waals surface area contributed by atoms with Gasteiger partial charge in [0.2, 0.25) is 11.1 Å². The normalized spacial score (nSPS) is 10.8. The van der Waals surface area contributed by atoms with E-state index in [2.05, 4.69) is 42.8 Å². The van der Waals surface area contributed by atoms with Crippen molar-refractivity contribution in [1.82, 2.24) is 20.2 Å². The summed E-state index contributed by atoms with van der Waals surface area (Å²) >= 11 is 10.7. The van der Waals surface area contributed by atoms with Gasteiger partial charge in [0.25, 0.3) is 0 Å². The van der Waals surface area contributed by atoms with Gasteiger partial charge in [-0.2, -0.15) is 4.68 Å². The van der Waals surface area contributed by atoms with Gasteiger partial charge in [-0.25, -0.2) is 0 Å². The monoisotopic (exact) mass is 451 g/mol. The summed E-state index contributed by atoms with van der Waals surface area (Å²) in [5.41, 5.74) is 3.68. The first-order valence-electron chi connectivity index (χ1n) is 7.68. The highest BCUT2D eigenvalue weighted by Crippen LogP contribution is 2.26. The molecule has 1 heterocycles. The lowest BCUT2D eigenvalue weighted by molar-refractivity contribution is -0.113. The van der Waals surface area contributed by atoms with Crippen LogP contribution in [0.2, 0.25) is 5.02 Å². The lowest BCUT2D eigenvalue weighted by Gasteiger charge is -2.09. The first-order valence-corrected chi connectivity index (χ1v) is 9.83. The van der Waals surface area contributed by atoms with Crippen LogP contribution in [0.3, 0.4) is 0 Å². The number of nitrogens with zero attached hydrogens (tertiary/aromatic N) is 4. The second kappa shape index (κ2) is 8.20. The van der Waals surface area contributed by atoms with Gasteiger partial charge in [0.05, 0.1) is 22.2 Å². The Morgan fingerprint density at radius 3 is 2.81 bits per heavy atom. The maximum atomic E-state index is 12.2. The number of hydrogen-bond acceptors (Lipinski definition) is 5. The van der Waals surface area contributed by atoms with Crippen molar-refractivity contribution in [2.75, 3.05) is 11.1 Å². The van der Waals surface area contributed by atoms with Crippen LogP contribution in [0.15, 0.2) is 46.0 Å². The number of anilines is 1. The minimum atomic E-state index is -0.186. The molecule has 0 saturated heterocycles. The van der Waals surface area contributed by atoms with Crippen molar-refractivity contribution in [2.45, 2.75) is 19.0 Å². The number of thioether (sulfide) groups is 1. The fraction of sp³-hybridized carbons (Fsp3) is 0.176. The molecule has 3 rings (SSSR count). The number of aromatic nitrogens is 4. The van der Waals surface area contributed by atoms with Gasteiger partial charge in [-0.1, -0.05) is 57.0 Å². The van der Waals surface area contributed by atoms with E-state index < -0.39 is 0 Å². The van der Waals surface area contributed by atoms with Crippen LogP contribution < -0.4 is 5.32 Å². The molecule has 0 unspecified atom stereocenters. The number of aryl methyl sites for hydroxylation is 2. The molecule has 1 amide bonds. The highest BCUT2D eigenvalue weighted by molar-refractivity contribution is 9.10. The predicted octanol–water partition coefficient (Wildman–Crippen LogP) is 4.43. The molecule has 0 fully saturated rings. The number of tetrazole rings is 1. The molecule has 6 nitrogen and oxygen atoms in total. The molecule has 26 heavy (non-hydrogen) atoms. The Morgan fingerprint density at radius 2 is 2.08 bits per heavy atom. The molecule has 2 aromatic carbocycles. The van der Waals surface area contributed by atoms with Crippen LogP contribution in [0.1, 0.15) is 11.1 Å². The number of carbonyl (C=O) groups excluding carboxylic acids is 1. The lowest BCUT2D eigenvalue weighted by atomic mass is 10.1. The summed E-state index contributed by atoms with van der Waals surface area (Å²) in [4.78, 5) is 12.2. The van der Waals surface area contributed by atoms with E-state index in [-0.39, 0.29) is 11.7 Å². The van der Waals surface area contributed by atoms with E-state index >= 15 is 0 Å². The van der Waals surface area contributed by atoms with Crippen LogP contribution in [0.4, 0.5) is 5.69 Å². The maximum Gasteiger partial charge on any atom is 0.234 e. The molecule has 1 N–H and O–H groups in total. The highest BCUT2D eigenvalue weighted by Gasteiger charge is 2.14. The number of benzene rings is 2. The molecule has 134 valence electrons. The van der Waals surface area contributed by atoms with Crippen molar-refractivity contribution in [2.24, 2.45) is 0 Å². The molecular formula is C17H15BrClN5OS. The predicted molar refractivity (Wildman–Crippen MR) is 107 cm³/mol. The smallest absolute Gasteiger partial charge is 0.234 e. The Kier molecular flexibility index (Phi) is 5.95. The topological polar surface area (TPSA) is 72.7 Å². The average Bonchev–Trinajstić information content (AvgIpc) is 3.04. The number of carbonyl (C=O) groups is 1. The van der Waals surface area contributed by atoms with Gasteiger partial charge in [0.15, 0.2) is 0 Å². The Hall–Kier alpha value is -1.90. The molecule has 0 saturated carbocycles. The number of hydrogen-bond donors (Lipinski definition) is 1. The lowest BCUT2D eigenvalue weighted by Crippen LogP contribution is -2.15. The summed E-state index contributed by atoms with van der Waals surface area (Å²) < 4.78 is 2.49. The molecule has 0 aliphatic heterocycles. The Labute approximate surface area is 168 Å². The van der Waals surface area contributed by atoms with Gasteiger partial charge < -0.3 is 5.32 Å². The largest absolute Gasteiger partial charge is 0.324 e. The third-order valence-corrected chi connectivity index (χ3v) is 5.28. The van der Waals surface area contributed by atoms with Crippen LogP contribution in [-0.4, -0.2) is 31.9 Å². The zero-order chi connectivity index (χ0) is 18.7. The zero-order valence-electron chi connectivity index (χ0n) is 14.0. The molecule has 9 heteroatoms. The highest BCUT2D eigenvalue weighted by atomic mass is 79.9. The molecule has 0 radical (unpaired) electrons.